The minimum atomic E-state index is -3.45. The van der Waals surface area contributed by atoms with E-state index in [1.165, 1.54) is 16.4 Å². The van der Waals surface area contributed by atoms with Gasteiger partial charge in [0.1, 0.15) is 18.1 Å². The first-order valence-electron chi connectivity index (χ1n) is 10.8. The fourth-order valence-corrected chi connectivity index (χ4v) is 5.83. The molecule has 0 amide bonds. The van der Waals surface area contributed by atoms with Gasteiger partial charge in [-0.1, -0.05) is 43.0 Å². The second-order valence-corrected chi connectivity index (χ2v) is 10.4. The van der Waals surface area contributed by atoms with E-state index < -0.39 is 27.7 Å². The predicted molar refractivity (Wildman–Crippen MR) is 127 cm³/mol. The van der Waals surface area contributed by atoms with Crippen molar-refractivity contribution in [2.45, 2.75) is 32.5 Å². The molecule has 0 aliphatic carbocycles. The zero-order valence-electron chi connectivity index (χ0n) is 18.7. The summed E-state index contributed by atoms with van der Waals surface area (Å²) in [6.07, 6.45) is 0.320. The molecule has 0 unspecified atom stereocenters. The Morgan fingerprint density at radius 3 is 2.47 bits per heavy atom. The number of aliphatic hydroxyl groups excluding tert-OH is 1. The van der Waals surface area contributed by atoms with Crippen LogP contribution in [0.5, 0.6) is 5.75 Å². The molecule has 1 fully saturated rings. The molecule has 1 heterocycles. The van der Waals surface area contributed by atoms with E-state index in [9.17, 15) is 22.3 Å². The van der Waals surface area contributed by atoms with Gasteiger partial charge in [0.2, 0.25) is 10.0 Å². The normalized spacial score (nSPS) is 17.6. The molecular formula is C26H25F2NO4S. The lowest BCUT2D eigenvalue weighted by molar-refractivity contribution is 0.272. The summed E-state index contributed by atoms with van der Waals surface area (Å²) in [6, 6.07) is 16.2. The number of benzene rings is 3. The molecule has 0 saturated carbocycles. The topological polar surface area (TPSA) is 66.8 Å². The maximum Gasteiger partial charge on any atom is 0.215 e. The molecule has 1 aliphatic rings. The van der Waals surface area contributed by atoms with E-state index in [-0.39, 0.29) is 24.7 Å². The first-order chi connectivity index (χ1) is 16.1. The fourth-order valence-electron chi connectivity index (χ4n) is 4.11. The van der Waals surface area contributed by atoms with Gasteiger partial charge in [-0.05, 0) is 65.4 Å². The molecule has 5 nitrogen and oxygen atoms in total. The first-order valence-corrected chi connectivity index (χ1v) is 12.4. The summed E-state index contributed by atoms with van der Waals surface area (Å²) in [5, 5.41) is 9.77. The maximum absolute atomic E-state index is 13.6. The van der Waals surface area contributed by atoms with Gasteiger partial charge in [0.05, 0.1) is 11.8 Å². The van der Waals surface area contributed by atoms with Crippen molar-refractivity contribution in [1.29, 1.82) is 0 Å². The van der Waals surface area contributed by atoms with Crippen molar-refractivity contribution in [3.63, 3.8) is 0 Å². The van der Waals surface area contributed by atoms with E-state index in [4.69, 9.17) is 4.74 Å². The number of hydrogen-bond acceptors (Lipinski definition) is 4. The molecule has 1 saturated heterocycles. The van der Waals surface area contributed by atoms with Crippen molar-refractivity contribution in [2.75, 3.05) is 5.75 Å². The molecule has 0 radical (unpaired) electrons. The molecule has 0 bridgehead atoms. The molecule has 1 aliphatic heterocycles. The van der Waals surface area contributed by atoms with E-state index in [2.05, 4.69) is 6.58 Å². The standard InChI is InChI=1S/C26H25F2NO4S/c1-17-12-24(27)25(28)14-23(17)21-6-8-22(9-7-21)33-16-20-5-3-4-19(13-20)15-29-26(18(2)30)10-11-34(29,31)32/h3-9,12-14,26,30H,2,10-11,15-16H2,1H3/t26-/m0/s1. The Morgan fingerprint density at radius 1 is 1.09 bits per heavy atom. The van der Waals surface area contributed by atoms with E-state index in [1.807, 2.05) is 24.3 Å². The van der Waals surface area contributed by atoms with Crippen molar-refractivity contribution >= 4 is 10.0 Å². The second-order valence-electron chi connectivity index (χ2n) is 8.37. The van der Waals surface area contributed by atoms with Crippen LogP contribution in [-0.2, 0) is 23.2 Å². The van der Waals surface area contributed by atoms with Crippen LogP contribution >= 0.6 is 0 Å². The third kappa shape index (κ3) is 5.13. The fraction of sp³-hybridized carbons (Fsp3) is 0.231. The van der Waals surface area contributed by atoms with Crippen LogP contribution in [0, 0.1) is 18.6 Å². The van der Waals surface area contributed by atoms with Gasteiger partial charge in [-0.25, -0.2) is 17.2 Å². The average molecular weight is 486 g/mol. The third-order valence-corrected chi connectivity index (χ3v) is 7.76. The monoisotopic (exact) mass is 485 g/mol. The van der Waals surface area contributed by atoms with Gasteiger partial charge in [0.25, 0.3) is 0 Å². The van der Waals surface area contributed by atoms with Crippen molar-refractivity contribution in [3.8, 4) is 16.9 Å². The van der Waals surface area contributed by atoms with Gasteiger partial charge in [-0.3, -0.25) is 0 Å². The van der Waals surface area contributed by atoms with Crippen molar-refractivity contribution in [2.24, 2.45) is 0 Å². The summed E-state index contributed by atoms with van der Waals surface area (Å²) in [7, 11) is -3.45. The molecule has 8 heteroatoms. The molecule has 3 aromatic rings. The summed E-state index contributed by atoms with van der Waals surface area (Å²) in [4.78, 5) is 0. The number of hydrogen-bond donors (Lipinski definition) is 1. The highest BCUT2D eigenvalue weighted by molar-refractivity contribution is 7.89. The lowest BCUT2D eigenvalue weighted by atomic mass is 10.0. The summed E-state index contributed by atoms with van der Waals surface area (Å²) >= 11 is 0. The van der Waals surface area contributed by atoms with Gasteiger partial charge in [-0.2, -0.15) is 4.31 Å². The molecule has 1 atom stereocenters. The van der Waals surface area contributed by atoms with Gasteiger partial charge < -0.3 is 9.84 Å². The van der Waals surface area contributed by atoms with Crippen LogP contribution in [0.4, 0.5) is 8.78 Å². The first kappa shape index (κ1) is 23.9. The van der Waals surface area contributed by atoms with E-state index in [1.54, 1.807) is 31.2 Å². The average Bonchev–Trinajstić information content (AvgIpc) is 3.10. The second kappa shape index (κ2) is 9.56. The van der Waals surface area contributed by atoms with Crippen molar-refractivity contribution in [1.82, 2.24) is 4.31 Å². The minimum Gasteiger partial charge on any atom is -0.511 e. The number of nitrogens with zero attached hydrogens (tertiary/aromatic N) is 1. The zero-order chi connectivity index (χ0) is 24.5. The van der Waals surface area contributed by atoms with E-state index in [0.717, 1.165) is 16.7 Å². The summed E-state index contributed by atoms with van der Waals surface area (Å²) in [5.41, 5.74) is 3.63. The van der Waals surface area contributed by atoms with Gasteiger partial charge >= 0.3 is 0 Å². The lowest BCUT2D eigenvalue weighted by Gasteiger charge is -2.22. The molecule has 3 aromatic carbocycles. The Morgan fingerprint density at radius 2 is 1.76 bits per heavy atom. The molecule has 4 rings (SSSR count). The number of halogens is 2. The maximum atomic E-state index is 13.6. The van der Waals surface area contributed by atoms with Crippen LogP contribution < -0.4 is 4.74 Å². The molecule has 34 heavy (non-hydrogen) atoms. The van der Waals surface area contributed by atoms with Crippen molar-refractivity contribution in [3.05, 3.63) is 101 Å². The van der Waals surface area contributed by atoms with Crippen LogP contribution in [0.15, 0.2) is 73.0 Å². The number of ether oxygens (including phenoxy) is 1. The molecule has 1 N–H and O–H groups in total. The molecule has 0 aromatic heterocycles. The number of rotatable bonds is 7. The van der Waals surface area contributed by atoms with Crippen LogP contribution in [0.1, 0.15) is 23.1 Å². The SMILES string of the molecule is C=C(O)[C@@H]1CCS(=O)(=O)N1Cc1cccc(COc2ccc(-c3cc(F)c(F)cc3C)cc2)c1. The number of aliphatic hydroxyl groups is 1. The summed E-state index contributed by atoms with van der Waals surface area (Å²) in [5.74, 6) is -1.32. The van der Waals surface area contributed by atoms with Crippen LogP contribution in [0.25, 0.3) is 11.1 Å². The largest absolute Gasteiger partial charge is 0.511 e. The molecule has 0 spiro atoms. The van der Waals surface area contributed by atoms with E-state index in [0.29, 0.717) is 23.3 Å². The quantitative estimate of drug-likeness (QED) is 0.449. The van der Waals surface area contributed by atoms with Crippen LogP contribution in [0.2, 0.25) is 0 Å². The smallest absolute Gasteiger partial charge is 0.215 e. The number of aryl methyl sites for hydroxylation is 1. The van der Waals surface area contributed by atoms with E-state index >= 15 is 0 Å². The lowest BCUT2D eigenvalue weighted by Crippen LogP contribution is -2.33. The predicted octanol–water partition coefficient (Wildman–Crippen LogP) is 5.50. The number of sulfonamides is 1. The highest BCUT2D eigenvalue weighted by atomic mass is 32.2. The Labute approximate surface area is 198 Å². The minimum absolute atomic E-state index is 0.0138. The summed E-state index contributed by atoms with van der Waals surface area (Å²) < 4.78 is 58.9. The highest BCUT2D eigenvalue weighted by Crippen LogP contribution is 2.29. The van der Waals surface area contributed by atoms with Crippen molar-refractivity contribution < 1.29 is 27.0 Å². The molecular weight excluding hydrogens is 460 g/mol. The Kier molecular flexibility index (Phi) is 6.72. The molecule has 178 valence electrons. The van der Waals surface area contributed by atoms with Crippen LogP contribution in [0.3, 0.4) is 0 Å². The third-order valence-electron chi connectivity index (χ3n) is 5.91. The van der Waals surface area contributed by atoms with Crippen LogP contribution in [-0.4, -0.2) is 29.6 Å². The summed E-state index contributed by atoms with van der Waals surface area (Å²) in [6.45, 7) is 5.64. The Balaban J connectivity index is 1.43. The van der Waals surface area contributed by atoms with Gasteiger partial charge in [-0.15, -0.1) is 0 Å². The van der Waals surface area contributed by atoms with Gasteiger partial charge in [0, 0.05) is 6.54 Å². The Bertz CT molecular complexity index is 1320. The zero-order valence-corrected chi connectivity index (χ0v) is 19.5. The van der Waals surface area contributed by atoms with Gasteiger partial charge in [0.15, 0.2) is 11.6 Å². The highest BCUT2D eigenvalue weighted by Gasteiger charge is 2.38. The Hall–Kier alpha value is -3.23.